The summed E-state index contributed by atoms with van der Waals surface area (Å²) in [6.07, 6.45) is 2.83. The van der Waals surface area contributed by atoms with E-state index in [-0.39, 0.29) is 24.4 Å². The van der Waals surface area contributed by atoms with Gasteiger partial charge in [-0.15, -0.1) is 0 Å². The summed E-state index contributed by atoms with van der Waals surface area (Å²) in [5.41, 5.74) is 1.12. The molecule has 1 aliphatic carbocycles. The highest BCUT2D eigenvalue weighted by molar-refractivity contribution is 5.81. The van der Waals surface area contributed by atoms with E-state index in [2.05, 4.69) is 5.32 Å². The molecule has 1 aromatic carbocycles. The quantitative estimate of drug-likeness (QED) is 0.615. The molecule has 0 atom stereocenters. The molecule has 2 rings (SSSR count). The molecule has 0 spiro atoms. The van der Waals surface area contributed by atoms with Crippen molar-refractivity contribution in [1.29, 1.82) is 0 Å². The Labute approximate surface area is 124 Å². The predicted molar refractivity (Wildman–Crippen MR) is 78.0 cm³/mol. The number of nitrogens with one attached hydrogen (secondary N) is 1. The van der Waals surface area contributed by atoms with Gasteiger partial charge in [0.05, 0.1) is 12.5 Å². The molecule has 1 aromatic rings. The molecular weight excluding hydrogens is 270 g/mol. The molecule has 1 amide bonds. The van der Waals surface area contributed by atoms with E-state index >= 15 is 0 Å². The average molecular weight is 291 g/mol. The zero-order chi connectivity index (χ0) is 15.1. The van der Waals surface area contributed by atoms with Crippen molar-refractivity contribution in [2.45, 2.75) is 26.2 Å². The van der Waals surface area contributed by atoms with Crippen LogP contribution in [0.15, 0.2) is 24.3 Å². The Hall–Kier alpha value is -2.04. The second-order valence-corrected chi connectivity index (χ2v) is 5.25. The van der Waals surface area contributed by atoms with Crippen molar-refractivity contribution in [3.05, 3.63) is 29.8 Å². The van der Waals surface area contributed by atoms with E-state index < -0.39 is 0 Å². The number of aryl methyl sites for hydroxylation is 1. The Balaban J connectivity index is 1.55. The van der Waals surface area contributed by atoms with Crippen LogP contribution in [0.25, 0.3) is 0 Å². The average Bonchev–Trinajstić information content (AvgIpc) is 2.39. The van der Waals surface area contributed by atoms with Gasteiger partial charge in [0.1, 0.15) is 12.4 Å². The molecule has 0 bridgehead atoms. The van der Waals surface area contributed by atoms with Gasteiger partial charge < -0.3 is 14.8 Å². The van der Waals surface area contributed by atoms with Gasteiger partial charge >= 0.3 is 5.97 Å². The summed E-state index contributed by atoms with van der Waals surface area (Å²) in [6, 6.07) is 7.71. The van der Waals surface area contributed by atoms with Crippen molar-refractivity contribution in [3.8, 4) is 5.75 Å². The van der Waals surface area contributed by atoms with Gasteiger partial charge in [0, 0.05) is 0 Å². The van der Waals surface area contributed by atoms with Crippen molar-refractivity contribution in [1.82, 2.24) is 5.32 Å². The fourth-order valence-electron chi connectivity index (χ4n) is 2.01. The summed E-state index contributed by atoms with van der Waals surface area (Å²) >= 11 is 0. The fraction of sp³-hybridized carbons (Fsp3) is 0.500. The van der Waals surface area contributed by atoms with Crippen molar-refractivity contribution >= 4 is 11.9 Å². The van der Waals surface area contributed by atoms with Crippen LogP contribution in [0.3, 0.4) is 0 Å². The number of amides is 1. The topological polar surface area (TPSA) is 64.6 Å². The van der Waals surface area contributed by atoms with E-state index in [0.717, 1.165) is 30.6 Å². The first kappa shape index (κ1) is 15.4. The summed E-state index contributed by atoms with van der Waals surface area (Å²) < 4.78 is 10.5. The van der Waals surface area contributed by atoms with Gasteiger partial charge in [0.15, 0.2) is 6.61 Å². The van der Waals surface area contributed by atoms with Gasteiger partial charge in [-0.25, -0.2) is 0 Å². The number of ether oxygens (including phenoxy) is 2. The number of benzene rings is 1. The highest BCUT2D eigenvalue weighted by Gasteiger charge is 2.26. The third-order valence-electron chi connectivity index (χ3n) is 3.47. The minimum Gasteiger partial charge on any atom is -0.492 e. The van der Waals surface area contributed by atoms with Gasteiger partial charge in [-0.3, -0.25) is 9.59 Å². The largest absolute Gasteiger partial charge is 0.492 e. The molecule has 1 fully saturated rings. The molecule has 1 aliphatic rings. The molecule has 0 radical (unpaired) electrons. The van der Waals surface area contributed by atoms with Gasteiger partial charge in [-0.2, -0.15) is 0 Å². The summed E-state index contributed by atoms with van der Waals surface area (Å²) in [4.78, 5) is 22.9. The lowest BCUT2D eigenvalue weighted by Gasteiger charge is -2.22. The Morgan fingerprint density at radius 3 is 2.81 bits per heavy atom. The van der Waals surface area contributed by atoms with Crippen LogP contribution < -0.4 is 10.1 Å². The van der Waals surface area contributed by atoms with E-state index in [0.29, 0.717) is 13.2 Å². The molecule has 0 unspecified atom stereocenters. The molecule has 0 aromatic heterocycles. The number of carbonyl (C=O) groups is 2. The Bertz CT molecular complexity index is 497. The van der Waals surface area contributed by atoms with Crippen LogP contribution in [0.5, 0.6) is 5.75 Å². The second kappa shape index (κ2) is 7.67. The van der Waals surface area contributed by atoms with Crippen LogP contribution in [-0.2, 0) is 14.3 Å². The smallest absolute Gasteiger partial charge is 0.309 e. The number of hydrogen-bond acceptors (Lipinski definition) is 4. The highest BCUT2D eigenvalue weighted by Crippen LogP contribution is 2.27. The number of hydrogen-bond donors (Lipinski definition) is 1. The molecule has 5 nitrogen and oxygen atoms in total. The van der Waals surface area contributed by atoms with E-state index in [1.54, 1.807) is 0 Å². The molecule has 5 heteroatoms. The van der Waals surface area contributed by atoms with Crippen molar-refractivity contribution < 1.29 is 19.1 Å². The normalized spacial score (nSPS) is 14.1. The zero-order valence-corrected chi connectivity index (χ0v) is 12.3. The van der Waals surface area contributed by atoms with Crippen LogP contribution in [0, 0.1) is 12.8 Å². The zero-order valence-electron chi connectivity index (χ0n) is 12.3. The summed E-state index contributed by atoms with van der Waals surface area (Å²) in [5.74, 6) is 0.228. The Morgan fingerprint density at radius 2 is 2.14 bits per heavy atom. The molecule has 0 heterocycles. The molecule has 0 aliphatic heterocycles. The lowest BCUT2D eigenvalue weighted by Crippen LogP contribution is -2.34. The molecule has 21 heavy (non-hydrogen) atoms. The maximum Gasteiger partial charge on any atom is 0.309 e. The predicted octanol–water partition coefficient (Wildman–Crippen LogP) is 1.83. The van der Waals surface area contributed by atoms with Crippen molar-refractivity contribution in [2.75, 3.05) is 19.8 Å². The third kappa shape index (κ3) is 5.10. The Morgan fingerprint density at radius 1 is 1.33 bits per heavy atom. The van der Waals surface area contributed by atoms with Gasteiger partial charge in [0.25, 0.3) is 5.91 Å². The summed E-state index contributed by atoms with van der Waals surface area (Å²) in [7, 11) is 0. The van der Waals surface area contributed by atoms with Gasteiger partial charge in [-0.1, -0.05) is 18.6 Å². The minimum atomic E-state index is -0.296. The number of carbonyl (C=O) groups excluding carboxylic acids is 2. The standard InChI is InChI=1S/C16H21NO4/c1-12-4-2-7-14(10-12)20-9-8-17-15(18)11-21-16(19)13-5-3-6-13/h2,4,7,10,13H,3,5-6,8-9,11H2,1H3,(H,17,18). The van der Waals surface area contributed by atoms with E-state index in [9.17, 15) is 9.59 Å². The first-order valence-electron chi connectivity index (χ1n) is 7.28. The Kier molecular flexibility index (Phi) is 5.60. The fourth-order valence-corrected chi connectivity index (χ4v) is 2.01. The maximum absolute atomic E-state index is 11.5. The van der Waals surface area contributed by atoms with Crippen LogP contribution in [-0.4, -0.2) is 31.6 Å². The number of rotatable bonds is 7. The molecule has 114 valence electrons. The minimum absolute atomic E-state index is 0.00227. The molecular formula is C16H21NO4. The SMILES string of the molecule is Cc1cccc(OCCNC(=O)COC(=O)C2CCC2)c1. The molecule has 1 saturated carbocycles. The third-order valence-corrected chi connectivity index (χ3v) is 3.47. The van der Waals surface area contributed by atoms with Crippen molar-refractivity contribution in [3.63, 3.8) is 0 Å². The van der Waals surface area contributed by atoms with Crippen LogP contribution in [0.4, 0.5) is 0 Å². The van der Waals surface area contributed by atoms with Crippen LogP contribution >= 0.6 is 0 Å². The maximum atomic E-state index is 11.5. The number of esters is 1. The first-order valence-corrected chi connectivity index (χ1v) is 7.28. The second-order valence-electron chi connectivity index (χ2n) is 5.25. The lowest BCUT2D eigenvalue weighted by atomic mass is 9.86. The monoisotopic (exact) mass is 291 g/mol. The van der Waals surface area contributed by atoms with E-state index in [1.165, 1.54) is 0 Å². The summed E-state index contributed by atoms with van der Waals surface area (Å²) in [6.45, 7) is 2.55. The van der Waals surface area contributed by atoms with Crippen LogP contribution in [0.2, 0.25) is 0 Å². The van der Waals surface area contributed by atoms with Crippen LogP contribution in [0.1, 0.15) is 24.8 Å². The first-order chi connectivity index (χ1) is 10.1. The van der Waals surface area contributed by atoms with Gasteiger partial charge in [0.2, 0.25) is 0 Å². The highest BCUT2D eigenvalue weighted by atomic mass is 16.5. The summed E-state index contributed by atoms with van der Waals surface area (Å²) in [5, 5.41) is 2.66. The molecule has 0 saturated heterocycles. The van der Waals surface area contributed by atoms with Gasteiger partial charge in [-0.05, 0) is 37.5 Å². The lowest BCUT2D eigenvalue weighted by molar-refractivity contribution is -0.155. The van der Waals surface area contributed by atoms with Crippen molar-refractivity contribution in [2.24, 2.45) is 5.92 Å². The van der Waals surface area contributed by atoms with E-state index in [1.807, 2.05) is 31.2 Å². The molecule has 1 N–H and O–H groups in total. The van der Waals surface area contributed by atoms with E-state index in [4.69, 9.17) is 9.47 Å².